The van der Waals surface area contributed by atoms with Crippen LogP contribution in [0, 0.1) is 0 Å². The minimum absolute atomic E-state index is 0.171. The Morgan fingerprint density at radius 3 is 2.30 bits per heavy atom. The molecule has 30 heavy (non-hydrogen) atoms. The van der Waals surface area contributed by atoms with Gasteiger partial charge in [0.15, 0.2) is 0 Å². The summed E-state index contributed by atoms with van der Waals surface area (Å²) in [6, 6.07) is 23.2. The molecule has 0 aliphatic carbocycles. The van der Waals surface area contributed by atoms with E-state index in [0.717, 1.165) is 17.3 Å². The molecule has 0 saturated carbocycles. The molecule has 0 unspecified atom stereocenters. The summed E-state index contributed by atoms with van der Waals surface area (Å²) in [6.07, 6.45) is 1.70. The number of pyridine rings is 1. The van der Waals surface area contributed by atoms with Crippen molar-refractivity contribution in [3.05, 3.63) is 112 Å². The summed E-state index contributed by atoms with van der Waals surface area (Å²) < 4.78 is 1.17. The molecule has 4 aromatic rings. The number of carboxylic acids is 1. The summed E-state index contributed by atoms with van der Waals surface area (Å²) in [5.41, 5.74) is 1.90. The number of para-hydroxylation sites is 2. The van der Waals surface area contributed by atoms with Crippen molar-refractivity contribution >= 4 is 28.6 Å². The minimum atomic E-state index is -1.38. The first-order chi connectivity index (χ1) is 14.5. The molecule has 6 nitrogen and oxygen atoms in total. The monoisotopic (exact) mass is 398 g/mol. The maximum Gasteiger partial charge on any atom is 0.341 e. The predicted octanol–water partition coefficient (Wildman–Crippen LogP) is 4.37. The number of aromatic nitrogens is 1. The number of anilines is 1. The number of carbonyl (C=O) groups excluding carboxylic acids is 1. The number of rotatable bonds is 4. The number of aromatic carboxylic acids is 1. The third-order valence-electron chi connectivity index (χ3n) is 4.86. The first kappa shape index (κ1) is 19.1. The smallest absolute Gasteiger partial charge is 0.341 e. The van der Waals surface area contributed by atoms with Gasteiger partial charge in [0, 0.05) is 17.3 Å². The van der Waals surface area contributed by atoms with E-state index in [1.54, 1.807) is 24.3 Å². The van der Waals surface area contributed by atoms with E-state index >= 15 is 0 Å². The van der Waals surface area contributed by atoms with Crippen molar-refractivity contribution in [2.45, 2.75) is 6.42 Å². The number of carboxylic acid groups (broad SMARTS) is 1. The van der Waals surface area contributed by atoms with Gasteiger partial charge in [-0.25, -0.2) is 9.59 Å². The lowest BCUT2D eigenvalue weighted by atomic mass is 10.0. The number of nitrogens with zero attached hydrogens (tertiary/aromatic N) is 1. The van der Waals surface area contributed by atoms with Crippen molar-refractivity contribution in [3.8, 4) is 0 Å². The second-order valence-corrected chi connectivity index (χ2v) is 6.81. The van der Waals surface area contributed by atoms with Crippen molar-refractivity contribution in [2.24, 2.45) is 0 Å². The van der Waals surface area contributed by atoms with Gasteiger partial charge in [0.1, 0.15) is 5.56 Å². The average Bonchev–Trinajstić information content (AvgIpc) is 2.76. The number of benzene rings is 3. The van der Waals surface area contributed by atoms with Crippen LogP contribution in [0.3, 0.4) is 0 Å². The molecule has 6 heteroatoms. The van der Waals surface area contributed by atoms with Crippen LogP contribution in [0.1, 0.15) is 21.5 Å². The van der Waals surface area contributed by atoms with E-state index in [4.69, 9.17) is 0 Å². The van der Waals surface area contributed by atoms with Crippen LogP contribution in [0.15, 0.2) is 89.9 Å². The molecule has 1 aromatic heterocycles. The lowest BCUT2D eigenvalue weighted by Gasteiger charge is -2.15. The number of nitrogens with one attached hydrogen (secondary N) is 1. The van der Waals surface area contributed by atoms with Crippen molar-refractivity contribution < 1.29 is 14.7 Å². The molecule has 0 atom stereocenters. The first-order valence-electron chi connectivity index (χ1n) is 9.35. The molecule has 0 bridgehead atoms. The van der Waals surface area contributed by atoms with E-state index in [-0.39, 0.29) is 5.39 Å². The van der Waals surface area contributed by atoms with Crippen molar-refractivity contribution in [2.75, 3.05) is 5.32 Å². The van der Waals surface area contributed by atoms with Gasteiger partial charge in [-0.3, -0.25) is 9.36 Å². The van der Waals surface area contributed by atoms with Crippen LogP contribution in [0.4, 0.5) is 10.5 Å². The van der Waals surface area contributed by atoms with Gasteiger partial charge in [0.25, 0.3) is 0 Å². The SMILES string of the molecule is O=C(O)c1cn(C(=O)Nc2ccccc2Cc2ccccc2)c2ccccc2c1=O. The molecule has 4 rings (SSSR count). The quantitative estimate of drug-likeness (QED) is 0.534. The second-order valence-electron chi connectivity index (χ2n) is 6.81. The van der Waals surface area contributed by atoms with E-state index in [2.05, 4.69) is 5.32 Å². The van der Waals surface area contributed by atoms with Crippen LogP contribution in [0.25, 0.3) is 10.9 Å². The van der Waals surface area contributed by atoms with Crippen molar-refractivity contribution in [1.82, 2.24) is 4.57 Å². The van der Waals surface area contributed by atoms with E-state index in [0.29, 0.717) is 17.6 Å². The van der Waals surface area contributed by atoms with Gasteiger partial charge >= 0.3 is 12.0 Å². The van der Waals surface area contributed by atoms with Crippen LogP contribution in [-0.2, 0) is 6.42 Å². The lowest BCUT2D eigenvalue weighted by Crippen LogP contribution is -2.26. The van der Waals surface area contributed by atoms with E-state index < -0.39 is 23.0 Å². The summed E-state index contributed by atoms with van der Waals surface area (Å²) in [4.78, 5) is 37.0. The highest BCUT2D eigenvalue weighted by Crippen LogP contribution is 2.20. The van der Waals surface area contributed by atoms with E-state index in [1.807, 2.05) is 48.5 Å². The third kappa shape index (κ3) is 3.71. The largest absolute Gasteiger partial charge is 0.477 e. The number of hydrogen-bond donors (Lipinski definition) is 2. The summed E-state index contributed by atoms with van der Waals surface area (Å²) in [5, 5.41) is 12.4. The molecule has 0 aliphatic heterocycles. The highest BCUT2D eigenvalue weighted by atomic mass is 16.4. The second kappa shape index (κ2) is 8.05. The number of fused-ring (bicyclic) bond motifs is 1. The number of hydrogen-bond acceptors (Lipinski definition) is 3. The van der Waals surface area contributed by atoms with E-state index in [1.165, 1.54) is 10.6 Å². The Bertz CT molecular complexity index is 1310. The van der Waals surface area contributed by atoms with Crippen LogP contribution < -0.4 is 10.7 Å². The van der Waals surface area contributed by atoms with Gasteiger partial charge in [-0.1, -0.05) is 60.7 Å². The topological polar surface area (TPSA) is 88.4 Å². The molecule has 0 saturated heterocycles. The molecule has 2 N–H and O–H groups in total. The fourth-order valence-corrected chi connectivity index (χ4v) is 3.39. The summed E-state index contributed by atoms with van der Waals surface area (Å²) in [6.45, 7) is 0. The highest BCUT2D eigenvalue weighted by Gasteiger charge is 2.18. The Morgan fingerprint density at radius 1 is 0.867 bits per heavy atom. The standard InChI is InChI=1S/C24H18N2O4/c27-22-18-11-5-7-13-21(18)26(15-19(22)23(28)29)24(30)25-20-12-6-4-10-17(20)14-16-8-2-1-3-9-16/h1-13,15H,14H2,(H,25,30)(H,28,29). The normalized spacial score (nSPS) is 10.7. The van der Waals surface area contributed by atoms with Crippen LogP contribution in [-0.4, -0.2) is 21.7 Å². The maximum absolute atomic E-state index is 13.1. The molecular weight excluding hydrogens is 380 g/mol. The molecular formula is C24H18N2O4. The van der Waals surface area contributed by atoms with Crippen LogP contribution in [0.5, 0.6) is 0 Å². The molecule has 148 valence electrons. The minimum Gasteiger partial charge on any atom is -0.477 e. The molecule has 0 spiro atoms. The van der Waals surface area contributed by atoms with Gasteiger partial charge < -0.3 is 10.4 Å². The van der Waals surface area contributed by atoms with Gasteiger partial charge in [-0.2, -0.15) is 0 Å². The Hall–Kier alpha value is -4.19. The third-order valence-corrected chi connectivity index (χ3v) is 4.86. The van der Waals surface area contributed by atoms with Gasteiger partial charge in [-0.05, 0) is 35.7 Å². The van der Waals surface area contributed by atoms with Crippen LogP contribution in [0.2, 0.25) is 0 Å². The summed E-state index contributed by atoms with van der Waals surface area (Å²) in [7, 11) is 0. The highest BCUT2D eigenvalue weighted by molar-refractivity contribution is 6.01. The van der Waals surface area contributed by atoms with Gasteiger partial charge in [0.2, 0.25) is 5.43 Å². The molecule has 0 radical (unpaired) electrons. The maximum atomic E-state index is 13.1. The molecule has 0 aliphatic rings. The molecule has 0 fully saturated rings. The lowest BCUT2D eigenvalue weighted by molar-refractivity contribution is 0.0695. The molecule has 1 heterocycles. The van der Waals surface area contributed by atoms with Gasteiger partial charge in [0.05, 0.1) is 5.52 Å². The Morgan fingerprint density at radius 2 is 1.53 bits per heavy atom. The average molecular weight is 398 g/mol. The van der Waals surface area contributed by atoms with Crippen molar-refractivity contribution in [1.29, 1.82) is 0 Å². The first-order valence-corrected chi connectivity index (χ1v) is 9.35. The Labute approximate surface area is 172 Å². The van der Waals surface area contributed by atoms with Gasteiger partial charge in [-0.15, -0.1) is 0 Å². The zero-order valence-corrected chi connectivity index (χ0v) is 15.9. The number of carbonyl (C=O) groups is 2. The summed E-state index contributed by atoms with van der Waals surface area (Å²) >= 11 is 0. The van der Waals surface area contributed by atoms with Crippen molar-refractivity contribution in [3.63, 3.8) is 0 Å². The van der Waals surface area contributed by atoms with Crippen LogP contribution >= 0.6 is 0 Å². The predicted molar refractivity (Wildman–Crippen MR) is 115 cm³/mol. The van der Waals surface area contributed by atoms with E-state index in [9.17, 15) is 19.5 Å². The number of amides is 1. The molecule has 3 aromatic carbocycles. The fourth-order valence-electron chi connectivity index (χ4n) is 3.39. The molecule has 1 amide bonds. The fraction of sp³-hybridized carbons (Fsp3) is 0.0417. The Balaban J connectivity index is 1.74. The Kier molecular flexibility index (Phi) is 5.13. The zero-order chi connectivity index (χ0) is 21.1. The zero-order valence-electron chi connectivity index (χ0n) is 15.9. The summed E-state index contributed by atoms with van der Waals surface area (Å²) in [5.74, 6) is -1.38.